The number of anilines is 1. The summed E-state index contributed by atoms with van der Waals surface area (Å²) in [6.45, 7) is 3.17. The second-order valence-corrected chi connectivity index (χ2v) is 4.08. The molecule has 0 saturated heterocycles. The fourth-order valence-electron chi connectivity index (χ4n) is 2.25. The molecule has 1 aliphatic rings. The number of rotatable bonds is 0. The van der Waals surface area contributed by atoms with E-state index < -0.39 is 0 Å². The summed E-state index contributed by atoms with van der Waals surface area (Å²) in [6, 6.07) is 13.2. The quantitative estimate of drug-likeness (QED) is 0.688. The van der Waals surface area contributed by atoms with Crippen LogP contribution in [-0.4, -0.2) is 4.57 Å². The van der Waals surface area contributed by atoms with Gasteiger partial charge >= 0.3 is 0 Å². The first-order chi connectivity index (χ1) is 7.34. The van der Waals surface area contributed by atoms with Gasteiger partial charge in [0.2, 0.25) is 0 Å². The van der Waals surface area contributed by atoms with Gasteiger partial charge in [-0.3, -0.25) is 0 Å². The number of hydrogen-bond acceptors (Lipinski definition) is 1. The molecule has 2 heterocycles. The van der Waals surface area contributed by atoms with Crippen molar-refractivity contribution in [2.75, 3.05) is 5.32 Å². The number of aromatic nitrogens is 1. The molecule has 0 fully saturated rings. The zero-order valence-corrected chi connectivity index (χ0v) is 8.77. The molecule has 2 heteroatoms. The Bertz CT molecular complexity index is 485. The Morgan fingerprint density at radius 1 is 1.20 bits per heavy atom. The van der Waals surface area contributed by atoms with Gasteiger partial charge in [-0.25, -0.2) is 0 Å². The summed E-state index contributed by atoms with van der Waals surface area (Å²) in [6.07, 6.45) is 2.15. The minimum absolute atomic E-state index is 0.378. The Morgan fingerprint density at radius 3 is 3.00 bits per heavy atom. The average Bonchev–Trinajstić information content (AvgIpc) is 2.64. The summed E-state index contributed by atoms with van der Waals surface area (Å²) in [7, 11) is 0. The molecule has 0 spiro atoms. The van der Waals surface area contributed by atoms with Crippen molar-refractivity contribution in [1.82, 2.24) is 4.57 Å². The summed E-state index contributed by atoms with van der Waals surface area (Å²) in [5.41, 5.74) is 3.97. The highest BCUT2D eigenvalue weighted by molar-refractivity contribution is 5.53. The molecule has 0 aliphatic carbocycles. The number of nitrogens with zero attached hydrogens (tertiary/aromatic N) is 1. The lowest BCUT2D eigenvalue weighted by atomic mass is 10.1. The maximum atomic E-state index is 3.54. The van der Waals surface area contributed by atoms with Crippen molar-refractivity contribution < 1.29 is 0 Å². The third-order valence-electron chi connectivity index (χ3n) is 3.04. The van der Waals surface area contributed by atoms with Crippen LogP contribution >= 0.6 is 0 Å². The van der Waals surface area contributed by atoms with Crippen molar-refractivity contribution in [2.24, 2.45) is 0 Å². The van der Waals surface area contributed by atoms with Gasteiger partial charge in [-0.2, -0.15) is 0 Å². The summed E-state index contributed by atoms with van der Waals surface area (Å²) in [4.78, 5) is 0. The smallest absolute Gasteiger partial charge is 0.0637 e. The first kappa shape index (κ1) is 8.60. The van der Waals surface area contributed by atoms with Crippen LogP contribution in [0.3, 0.4) is 0 Å². The highest BCUT2D eigenvalue weighted by Gasteiger charge is 2.16. The lowest BCUT2D eigenvalue weighted by Crippen LogP contribution is -2.07. The van der Waals surface area contributed by atoms with Gasteiger partial charge in [-0.05, 0) is 30.7 Å². The molecule has 1 aromatic heterocycles. The van der Waals surface area contributed by atoms with Gasteiger partial charge in [0.15, 0.2) is 0 Å². The second-order valence-electron chi connectivity index (χ2n) is 4.08. The normalized spacial score (nSPS) is 18.6. The van der Waals surface area contributed by atoms with Crippen LogP contribution in [0.5, 0.6) is 0 Å². The molecular formula is C13H14N2. The minimum Gasteiger partial charge on any atom is -0.377 e. The summed E-state index contributed by atoms with van der Waals surface area (Å²) < 4.78 is 2.31. The maximum absolute atomic E-state index is 3.54. The Hall–Kier alpha value is -1.70. The summed E-state index contributed by atoms with van der Waals surface area (Å²) >= 11 is 0. The molecule has 15 heavy (non-hydrogen) atoms. The zero-order valence-electron chi connectivity index (χ0n) is 8.77. The van der Waals surface area contributed by atoms with Gasteiger partial charge in [0.25, 0.3) is 0 Å². The monoisotopic (exact) mass is 198 g/mol. The van der Waals surface area contributed by atoms with Gasteiger partial charge in [0.1, 0.15) is 0 Å². The average molecular weight is 198 g/mol. The van der Waals surface area contributed by atoms with Gasteiger partial charge in [0.05, 0.1) is 6.04 Å². The number of hydrogen-bond donors (Lipinski definition) is 1. The van der Waals surface area contributed by atoms with Crippen molar-refractivity contribution in [3.05, 3.63) is 53.9 Å². The van der Waals surface area contributed by atoms with Crippen LogP contribution < -0.4 is 5.32 Å². The minimum atomic E-state index is 0.378. The number of benzene rings is 1. The topological polar surface area (TPSA) is 17.0 Å². The lowest BCUT2D eigenvalue weighted by Gasteiger charge is -2.13. The van der Waals surface area contributed by atoms with Crippen LogP contribution in [0.1, 0.15) is 24.2 Å². The van der Waals surface area contributed by atoms with Gasteiger partial charge in [0, 0.05) is 24.1 Å². The van der Waals surface area contributed by atoms with Crippen molar-refractivity contribution in [3.63, 3.8) is 0 Å². The molecule has 0 saturated carbocycles. The molecule has 2 aromatic rings. The predicted molar refractivity (Wildman–Crippen MR) is 62.0 cm³/mol. The van der Waals surface area contributed by atoms with Crippen molar-refractivity contribution in [3.8, 4) is 0 Å². The molecule has 76 valence electrons. The standard InChI is InChI=1S/C13H14N2/c1-10-13-7-4-8-15(13)9-11-5-2-3-6-12(11)14-10/h2-8,10,14H,9H2,1H3/t10-/m0/s1. The first-order valence-corrected chi connectivity index (χ1v) is 5.34. The van der Waals surface area contributed by atoms with Crippen LogP contribution in [0.2, 0.25) is 0 Å². The number of nitrogens with one attached hydrogen (secondary N) is 1. The van der Waals surface area contributed by atoms with Crippen molar-refractivity contribution >= 4 is 5.69 Å². The third-order valence-corrected chi connectivity index (χ3v) is 3.04. The molecule has 0 bridgehead atoms. The van der Waals surface area contributed by atoms with E-state index in [0.717, 1.165) is 6.54 Å². The highest BCUT2D eigenvalue weighted by atomic mass is 15.1. The van der Waals surface area contributed by atoms with Crippen molar-refractivity contribution in [1.29, 1.82) is 0 Å². The van der Waals surface area contributed by atoms with E-state index in [9.17, 15) is 0 Å². The van der Waals surface area contributed by atoms with E-state index in [-0.39, 0.29) is 0 Å². The van der Waals surface area contributed by atoms with Crippen LogP contribution in [-0.2, 0) is 6.54 Å². The largest absolute Gasteiger partial charge is 0.377 e. The Kier molecular flexibility index (Phi) is 1.81. The molecular weight excluding hydrogens is 184 g/mol. The van der Waals surface area contributed by atoms with E-state index in [1.54, 1.807) is 0 Å². The van der Waals surface area contributed by atoms with Gasteiger partial charge in [-0.15, -0.1) is 0 Å². The van der Waals surface area contributed by atoms with E-state index in [1.807, 2.05) is 0 Å². The Labute approximate surface area is 89.5 Å². The molecule has 1 aromatic carbocycles. The molecule has 3 rings (SSSR count). The fraction of sp³-hybridized carbons (Fsp3) is 0.231. The Morgan fingerprint density at radius 2 is 2.07 bits per heavy atom. The van der Waals surface area contributed by atoms with Crippen LogP contribution in [0.4, 0.5) is 5.69 Å². The number of para-hydroxylation sites is 1. The van der Waals surface area contributed by atoms with Crippen LogP contribution in [0.15, 0.2) is 42.6 Å². The van der Waals surface area contributed by atoms with Crippen molar-refractivity contribution in [2.45, 2.75) is 19.5 Å². The molecule has 1 aliphatic heterocycles. The zero-order chi connectivity index (χ0) is 10.3. The fourth-order valence-corrected chi connectivity index (χ4v) is 2.25. The van der Waals surface area contributed by atoms with Crippen LogP contribution in [0, 0.1) is 0 Å². The summed E-state index contributed by atoms with van der Waals surface area (Å²) in [5.74, 6) is 0. The van der Waals surface area contributed by atoms with E-state index in [2.05, 4.69) is 59.4 Å². The molecule has 0 radical (unpaired) electrons. The van der Waals surface area contributed by atoms with Crippen LogP contribution in [0.25, 0.3) is 0 Å². The third kappa shape index (κ3) is 1.33. The number of fused-ring (bicyclic) bond motifs is 2. The molecule has 0 amide bonds. The molecule has 0 unspecified atom stereocenters. The molecule has 1 atom stereocenters. The SMILES string of the molecule is C[C@@H]1Nc2ccccc2Cn2cccc21. The van der Waals surface area contributed by atoms with E-state index in [1.165, 1.54) is 16.9 Å². The van der Waals surface area contributed by atoms with Gasteiger partial charge in [-0.1, -0.05) is 18.2 Å². The Balaban J connectivity index is 2.14. The second kappa shape index (κ2) is 3.16. The molecule has 1 N–H and O–H groups in total. The van der Waals surface area contributed by atoms with E-state index in [0.29, 0.717) is 6.04 Å². The van der Waals surface area contributed by atoms with E-state index in [4.69, 9.17) is 0 Å². The molecule has 2 nitrogen and oxygen atoms in total. The maximum Gasteiger partial charge on any atom is 0.0637 e. The summed E-state index contributed by atoms with van der Waals surface area (Å²) in [5, 5.41) is 3.54. The first-order valence-electron chi connectivity index (χ1n) is 5.34. The highest BCUT2D eigenvalue weighted by Crippen LogP contribution is 2.27. The predicted octanol–water partition coefficient (Wildman–Crippen LogP) is 3.02. The lowest BCUT2D eigenvalue weighted by molar-refractivity contribution is 0.723. The van der Waals surface area contributed by atoms with E-state index >= 15 is 0 Å². The van der Waals surface area contributed by atoms with Gasteiger partial charge < -0.3 is 9.88 Å².